The van der Waals surface area contributed by atoms with E-state index in [1.54, 1.807) is 65.3 Å². The molecule has 1 amide bonds. The number of hydrogen-bond donors (Lipinski definition) is 3. The SMILES string of the molecule is COc1cccc(CNNC(=O)[C@@]2(CCC(=O)OC(C)(C)C)N=C(c3ccc(OCCCO)cc3)O[C@H]2c2ccccc2)c1OC. The number of ether oxygens (including phenoxy) is 5. The van der Waals surface area contributed by atoms with Gasteiger partial charge in [-0.1, -0.05) is 42.5 Å². The summed E-state index contributed by atoms with van der Waals surface area (Å²) in [7, 11) is 3.11. The Hall–Kier alpha value is -4.61. The van der Waals surface area contributed by atoms with E-state index in [4.69, 9.17) is 33.8 Å². The van der Waals surface area contributed by atoms with Crippen molar-refractivity contribution in [3.05, 3.63) is 89.5 Å². The Labute approximate surface area is 269 Å². The van der Waals surface area contributed by atoms with Crippen LogP contribution in [0.1, 0.15) is 62.8 Å². The van der Waals surface area contributed by atoms with Crippen LogP contribution in [0.2, 0.25) is 0 Å². The van der Waals surface area contributed by atoms with Gasteiger partial charge in [0.05, 0.1) is 20.8 Å². The molecule has 0 fully saturated rings. The lowest BCUT2D eigenvalue weighted by Gasteiger charge is -2.31. The predicted molar refractivity (Wildman–Crippen MR) is 173 cm³/mol. The molecule has 3 aromatic rings. The maximum Gasteiger partial charge on any atom is 0.306 e. The number of methoxy groups -OCH3 is 2. The van der Waals surface area contributed by atoms with Gasteiger partial charge < -0.3 is 28.8 Å². The van der Waals surface area contributed by atoms with E-state index < -0.39 is 29.1 Å². The number of benzene rings is 3. The van der Waals surface area contributed by atoms with Crippen LogP contribution in [0.3, 0.4) is 0 Å². The summed E-state index contributed by atoms with van der Waals surface area (Å²) in [6, 6.07) is 22.0. The summed E-state index contributed by atoms with van der Waals surface area (Å²) in [5, 5.41) is 9.05. The van der Waals surface area contributed by atoms with Crippen LogP contribution in [0.15, 0.2) is 77.8 Å². The van der Waals surface area contributed by atoms with Crippen LogP contribution in [-0.4, -0.2) is 61.5 Å². The number of aliphatic hydroxyl groups is 1. The second-order valence-electron chi connectivity index (χ2n) is 11.7. The van der Waals surface area contributed by atoms with Crippen molar-refractivity contribution in [2.24, 2.45) is 4.99 Å². The van der Waals surface area contributed by atoms with Gasteiger partial charge in [-0.05, 0) is 63.1 Å². The largest absolute Gasteiger partial charge is 0.494 e. The Morgan fingerprint density at radius 2 is 1.72 bits per heavy atom. The van der Waals surface area contributed by atoms with Gasteiger partial charge in [-0.3, -0.25) is 15.0 Å². The van der Waals surface area contributed by atoms with Crippen LogP contribution < -0.4 is 25.1 Å². The zero-order valence-corrected chi connectivity index (χ0v) is 27.0. The molecule has 1 heterocycles. The van der Waals surface area contributed by atoms with Gasteiger partial charge in [-0.2, -0.15) is 0 Å². The summed E-state index contributed by atoms with van der Waals surface area (Å²) in [5.74, 6) is 1.06. The molecule has 0 bridgehead atoms. The van der Waals surface area contributed by atoms with Crippen molar-refractivity contribution >= 4 is 17.8 Å². The second-order valence-corrected chi connectivity index (χ2v) is 11.7. The minimum Gasteiger partial charge on any atom is -0.494 e. The van der Waals surface area contributed by atoms with Gasteiger partial charge in [0.1, 0.15) is 11.4 Å². The van der Waals surface area contributed by atoms with Gasteiger partial charge in [-0.15, -0.1) is 0 Å². The smallest absolute Gasteiger partial charge is 0.306 e. The normalized spacial score (nSPS) is 17.4. The highest BCUT2D eigenvalue weighted by Gasteiger charge is 2.53. The third-order valence-corrected chi connectivity index (χ3v) is 7.23. The highest BCUT2D eigenvalue weighted by atomic mass is 16.6. The fourth-order valence-corrected chi connectivity index (χ4v) is 5.10. The summed E-state index contributed by atoms with van der Waals surface area (Å²) in [5.41, 5.74) is 5.72. The van der Waals surface area contributed by atoms with Crippen LogP contribution in [-0.2, 0) is 25.6 Å². The summed E-state index contributed by atoms with van der Waals surface area (Å²) in [4.78, 5) is 32.1. The summed E-state index contributed by atoms with van der Waals surface area (Å²) in [6.45, 7) is 6.03. The van der Waals surface area contributed by atoms with E-state index >= 15 is 0 Å². The van der Waals surface area contributed by atoms with Crippen molar-refractivity contribution in [3.8, 4) is 17.2 Å². The molecule has 0 saturated heterocycles. The average Bonchev–Trinajstić information content (AvgIpc) is 3.44. The lowest BCUT2D eigenvalue weighted by Crippen LogP contribution is -2.52. The lowest BCUT2D eigenvalue weighted by atomic mass is 9.83. The molecule has 3 aromatic carbocycles. The van der Waals surface area contributed by atoms with Gasteiger partial charge in [0.15, 0.2) is 23.1 Å². The van der Waals surface area contributed by atoms with E-state index in [1.807, 2.05) is 42.5 Å². The first-order chi connectivity index (χ1) is 22.1. The van der Waals surface area contributed by atoms with Crippen LogP contribution in [0.25, 0.3) is 0 Å². The molecule has 0 radical (unpaired) electrons. The average molecular weight is 634 g/mol. The van der Waals surface area contributed by atoms with Crippen LogP contribution in [0, 0.1) is 0 Å². The minimum absolute atomic E-state index is 0.0172. The molecule has 4 rings (SSSR count). The topological polar surface area (TPSA) is 137 Å². The number of amides is 1. The Kier molecular flexibility index (Phi) is 11.6. The molecule has 1 aliphatic heterocycles. The molecule has 3 N–H and O–H groups in total. The first kappa shape index (κ1) is 34.3. The molecule has 0 saturated carbocycles. The number of hydrazine groups is 1. The summed E-state index contributed by atoms with van der Waals surface area (Å²) >= 11 is 0. The molecule has 0 aliphatic carbocycles. The number of carbonyl (C=O) groups is 2. The van der Waals surface area contributed by atoms with Crippen molar-refractivity contribution in [1.29, 1.82) is 0 Å². The number of hydrogen-bond acceptors (Lipinski definition) is 10. The molecule has 11 nitrogen and oxygen atoms in total. The fraction of sp³-hybridized carbons (Fsp3) is 0.400. The number of para-hydroxylation sites is 1. The number of carbonyl (C=O) groups excluding carboxylic acids is 2. The van der Waals surface area contributed by atoms with Gasteiger partial charge >= 0.3 is 5.97 Å². The van der Waals surface area contributed by atoms with Gasteiger partial charge in [0.2, 0.25) is 5.90 Å². The highest BCUT2D eigenvalue weighted by molar-refractivity contribution is 6.01. The maximum absolute atomic E-state index is 14.3. The molecule has 46 heavy (non-hydrogen) atoms. The number of rotatable bonds is 15. The third kappa shape index (κ3) is 8.55. The quantitative estimate of drug-likeness (QED) is 0.124. The first-order valence-electron chi connectivity index (χ1n) is 15.2. The van der Waals surface area contributed by atoms with Crippen molar-refractivity contribution < 1.29 is 38.4 Å². The molecule has 2 atom stereocenters. The predicted octanol–water partition coefficient (Wildman–Crippen LogP) is 4.66. The van der Waals surface area contributed by atoms with Crippen LogP contribution >= 0.6 is 0 Å². The van der Waals surface area contributed by atoms with Crippen molar-refractivity contribution in [2.75, 3.05) is 27.4 Å². The van der Waals surface area contributed by atoms with E-state index in [2.05, 4.69) is 10.9 Å². The zero-order chi connectivity index (χ0) is 33.2. The molecule has 11 heteroatoms. The van der Waals surface area contributed by atoms with Crippen molar-refractivity contribution in [1.82, 2.24) is 10.9 Å². The van der Waals surface area contributed by atoms with Crippen molar-refractivity contribution in [3.63, 3.8) is 0 Å². The molecular weight excluding hydrogens is 590 g/mol. The zero-order valence-electron chi connectivity index (χ0n) is 27.0. The Morgan fingerprint density at radius 1 is 0.978 bits per heavy atom. The molecule has 246 valence electrons. The summed E-state index contributed by atoms with van der Waals surface area (Å²) < 4.78 is 28.7. The fourth-order valence-electron chi connectivity index (χ4n) is 5.10. The van der Waals surface area contributed by atoms with Gasteiger partial charge in [-0.25, -0.2) is 10.4 Å². The first-order valence-corrected chi connectivity index (χ1v) is 15.2. The molecule has 0 spiro atoms. The second kappa shape index (κ2) is 15.6. The number of aliphatic imine (C=N–C) groups is 1. The Balaban J connectivity index is 1.67. The number of nitrogens with zero attached hydrogens (tertiary/aromatic N) is 1. The van der Waals surface area contributed by atoms with Crippen LogP contribution in [0.5, 0.6) is 17.2 Å². The highest BCUT2D eigenvalue weighted by Crippen LogP contribution is 2.43. The molecule has 1 aliphatic rings. The van der Waals surface area contributed by atoms with Gasteiger partial charge in [0, 0.05) is 37.1 Å². The van der Waals surface area contributed by atoms with E-state index in [1.165, 1.54) is 0 Å². The van der Waals surface area contributed by atoms with E-state index in [0.29, 0.717) is 35.8 Å². The Morgan fingerprint density at radius 3 is 2.37 bits per heavy atom. The number of aliphatic hydroxyl groups excluding tert-OH is 1. The Bertz CT molecular complexity index is 1490. The van der Waals surface area contributed by atoms with E-state index in [9.17, 15) is 9.59 Å². The third-order valence-electron chi connectivity index (χ3n) is 7.23. The minimum atomic E-state index is -1.53. The number of nitrogens with one attached hydrogen (secondary N) is 2. The van der Waals surface area contributed by atoms with Crippen LogP contribution in [0.4, 0.5) is 0 Å². The maximum atomic E-state index is 14.3. The van der Waals surface area contributed by atoms with E-state index in [-0.39, 0.29) is 31.9 Å². The number of esters is 1. The summed E-state index contributed by atoms with van der Waals surface area (Å²) in [6.07, 6.45) is -0.386. The lowest BCUT2D eigenvalue weighted by molar-refractivity contribution is -0.155. The standard InChI is InChI=1S/C35H43N3O8/c1-34(2,3)46-29(40)19-20-35(33(41)38-36-23-26-13-9-14-28(42-4)30(26)43-5)31(24-11-7-6-8-12-24)45-32(37-35)25-15-17-27(18-16-25)44-22-10-21-39/h6-9,11-18,31,36,39H,10,19-23H2,1-5H3,(H,38,41)/t31-,35-/m0/s1. The van der Waals surface area contributed by atoms with E-state index in [0.717, 1.165) is 11.1 Å². The monoisotopic (exact) mass is 633 g/mol. The van der Waals surface area contributed by atoms with Crippen molar-refractivity contribution in [2.45, 2.75) is 63.8 Å². The molecule has 0 unspecified atom stereocenters. The molecular formula is C35H43N3O8. The van der Waals surface area contributed by atoms with Gasteiger partial charge in [0.25, 0.3) is 5.91 Å². The molecule has 0 aromatic heterocycles.